The Morgan fingerprint density at radius 3 is 2.44 bits per heavy atom. The number of benzene rings is 1. The van der Waals surface area contributed by atoms with Crippen molar-refractivity contribution >= 4 is 23.2 Å². The first-order valence-corrected chi connectivity index (χ1v) is 5.76. The molecule has 0 spiro atoms. The van der Waals surface area contributed by atoms with Crippen LogP contribution in [-0.2, 0) is 0 Å². The number of aliphatic hydroxyl groups is 2. The Morgan fingerprint density at radius 1 is 1.25 bits per heavy atom. The van der Waals surface area contributed by atoms with Gasteiger partial charge in [-0.3, -0.25) is 0 Å². The van der Waals surface area contributed by atoms with Crippen LogP contribution in [0.3, 0.4) is 0 Å². The lowest BCUT2D eigenvalue weighted by Crippen LogP contribution is -2.37. The standard InChI is InChI=1S/C11H15Cl2NO2/c1-7(14-9(5-15)6-16)10-4-8(12)2-3-11(10)13/h2-4,7,9,14-16H,5-6H2,1H3. The molecule has 0 bridgehead atoms. The molecule has 0 radical (unpaired) electrons. The summed E-state index contributed by atoms with van der Waals surface area (Å²) in [7, 11) is 0. The molecule has 0 saturated carbocycles. The second kappa shape index (κ2) is 6.42. The van der Waals surface area contributed by atoms with Gasteiger partial charge in [0, 0.05) is 16.1 Å². The van der Waals surface area contributed by atoms with Crippen LogP contribution in [0.2, 0.25) is 10.0 Å². The van der Waals surface area contributed by atoms with Gasteiger partial charge in [0.2, 0.25) is 0 Å². The fourth-order valence-electron chi connectivity index (χ4n) is 1.45. The van der Waals surface area contributed by atoms with Crippen LogP contribution in [0.4, 0.5) is 0 Å². The van der Waals surface area contributed by atoms with E-state index in [1.54, 1.807) is 18.2 Å². The SMILES string of the molecule is CC(NC(CO)CO)c1cc(Cl)ccc1Cl. The largest absolute Gasteiger partial charge is 0.395 e. The fraction of sp³-hybridized carbons (Fsp3) is 0.455. The Kier molecular flexibility index (Phi) is 5.52. The number of halogens is 2. The highest BCUT2D eigenvalue weighted by atomic mass is 35.5. The molecule has 3 nitrogen and oxygen atoms in total. The van der Waals surface area contributed by atoms with E-state index in [0.717, 1.165) is 5.56 Å². The number of hydrogen-bond acceptors (Lipinski definition) is 3. The van der Waals surface area contributed by atoms with Gasteiger partial charge in [0.1, 0.15) is 0 Å². The maximum absolute atomic E-state index is 8.96. The van der Waals surface area contributed by atoms with Crippen LogP contribution in [-0.4, -0.2) is 29.5 Å². The van der Waals surface area contributed by atoms with Crippen molar-refractivity contribution in [1.29, 1.82) is 0 Å². The summed E-state index contributed by atoms with van der Waals surface area (Å²) in [6, 6.07) is 4.77. The molecule has 0 saturated heterocycles. The second-order valence-electron chi connectivity index (χ2n) is 3.62. The van der Waals surface area contributed by atoms with Crippen LogP contribution in [0, 0.1) is 0 Å². The predicted octanol–water partition coefficient (Wildman–Crippen LogP) is 2.00. The minimum atomic E-state index is -0.356. The summed E-state index contributed by atoms with van der Waals surface area (Å²) in [5, 5.41) is 22.2. The van der Waals surface area contributed by atoms with E-state index < -0.39 is 0 Å². The monoisotopic (exact) mass is 263 g/mol. The molecule has 0 aliphatic carbocycles. The quantitative estimate of drug-likeness (QED) is 0.762. The Hall–Kier alpha value is -0.320. The molecule has 0 aromatic heterocycles. The molecular formula is C11H15Cl2NO2. The predicted molar refractivity (Wildman–Crippen MR) is 66.0 cm³/mol. The lowest BCUT2D eigenvalue weighted by atomic mass is 10.1. The average molecular weight is 264 g/mol. The van der Waals surface area contributed by atoms with Crippen LogP contribution in [0.25, 0.3) is 0 Å². The molecule has 5 heteroatoms. The molecule has 0 aliphatic rings. The topological polar surface area (TPSA) is 52.5 Å². The highest BCUT2D eigenvalue weighted by Gasteiger charge is 2.14. The van der Waals surface area contributed by atoms with Gasteiger partial charge in [-0.05, 0) is 30.7 Å². The summed E-state index contributed by atoms with van der Waals surface area (Å²) in [5.74, 6) is 0. The molecule has 3 N–H and O–H groups in total. The van der Waals surface area contributed by atoms with Crippen molar-refractivity contribution in [2.24, 2.45) is 0 Å². The Balaban J connectivity index is 2.79. The van der Waals surface area contributed by atoms with Crippen molar-refractivity contribution in [3.05, 3.63) is 33.8 Å². The zero-order valence-electron chi connectivity index (χ0n) is 8.95. The van der Waals surface area contributed by atoms with E-state index in [0.29, 0.717) is 10.0 Å². The minimum Gasteiger partial charge on any atom is -0.395 e. The van der Waals surface area contributed by atoms with Crippen LogP contribution < -0.4 is 5.32 Å². The number of aliphatic hydroxyl groups excluding tert-OH is 2. The van der Waals surface area contributed by atoms with E-state index in [-0.39, 0.29) is 25.3 Å². The molecular weight excluding hydrogens is 249 g/mol. The number of hydrogen-bond donors (Lipinski definition) is 3. The molecule has 16 heavy (non-hydrogen) atoms. The summed E-state index contributed by atoms with van der Waals surface area (Å²) in [6.07, 6.45) is 0. The van der Waals surface area contributed by atoms with E-state index in [4.69, 9.17) is 33.4 Å². The third kappa shape index (κ3) is 3.61. The molecule has 1 atom stereocenters. The molecule has 0 heterocycles. The van der Waals surface area contributed by atoms with Crippen molar-refractivity contribution in [3.63, 3.8) is 0 Å². The molecule has 0 fully saturated rings. The first-order chi connectivity index (χ1) is 7.58. The maximum atomic E-state index is 8.96. The molecule has 0 amide bonds. The Labute approximate surface area is 105 Å². The van der Waals surface area contributed by atoms with Gasteiger partial charge >= 0.3 is 0 Å². The summed E-state index contributed by atoms with van der Waals surface area (Å²) >= 11 is 11.9. The van der Waals surface area contributed by atoms with Gasteiger partial charge in [0.25, 0.3) is 0 Å². The van der Waals surface area contributed by atoms with Crippen molar-refractivity contribution in [2.45, 2.75) is 19.0 Å². The number of rotatable bonds is 5. The van der Waals surface area contributed by atoms with Crippen molar-refractivity contribution in [3.8, 4) is 0 Å². The smallest absolute Gasteiger partial charge is 0.0607 e. The normalized spacial score (nSPS) is 13.1. The zero-order valence-corrected chi connectivity index (χ0v) is 10.5. The van der Waals surface area contributed by atoms with E-state index in [2.05, 4.69) is 5.32 Å². The van der Waals surface area contributed by atoms with Crippen LogP contribution in [0.5, 0.6) is 0 Å². The van der Waals surface area contributed by atoms with Gasteiger partial charge in [0.15, 0.2) is 0 Å². The van der Waals surface area contributed by atoms with Crippen LogP contribution in [0.15, 0.2) is 18.2 Å². The summed E-state index contributed by atoms with van der Waals surface area (Å²) in [4.78, 5) is 0. The maximum Gasteiger partial charge on any atom is 0.0607 e. The van der Waals surface area contributed by atoms with E-state index >= 15 is 0 Å². The van der Waals surface area contributed by atoms with Gasteiger partial charge in [-0.15, -0.1) is 0 Å². The highest BCUT2D eigenvalue weighted by Crippen LogP contribution is 2.26. The summed E-state index contributed by atoms with van der Waals surface area (Å²) in [5.41, 5.74) is 0.848. The van der Waals surface area contributed by atoms with E-state index in [1.165, 1.54) is 0 Å². The first kappa shape index (κ1) is 13.7. The number of nitrogens with one attached hydrogen (secondary N) is 1. The van der Waals surface area contributed by atoms with E-state index in [9.17, 15) is 0 Å². The van der Waals surface area contributed by atoms with Crippen molar-refractivity contribution in [1.82, 2.24) is 5.32 Å². The summed E-state index contributed by atoms with van der Waals surface area (Å²) in [6.45, 7) is 1.65. The van der Waals surface area contributed by atoms with Gasteiger partial charge < -0.3 is 15.5 Å². The van der Waals surface area contributed by atoms with E-state index in [1.807, 2.05) is 6.92 Å². The molecule has 0 aliphatic heterocycles. The third-order valence-corrected chi connectivity index (χ3v) is 2.93. The minimum absolute atomic E-state index is 0.0875. The van der Waals surface area contributed by atoms with Gasteiger partial charge in [-0.2, -0.15) is 0 Å². The molecule has 1 unspecified atom stereocenters. The fourth-order valence-corrected chi connectivity index (χ4v) is 1.91. The first-order valence-electron chi connectivity index (χ1n) is 5.01. The summed E-state index contributed by atoms with van der Waals surface area (Å²) < 4.78 is 0. The van der Waals surface area contributed by atoms with Crippen molar-refractivity contribution < 1.29 is 10.2 Å². The van der Waals surface area contributed by atoms with Gasteiger partial charge in [-0.1, -0.05) is 23.2 Å². The Morgan fingerprint density at radius 2 is 1.88 bits per heavy atom. The lowest BCUT2D eigenvalue weighted by molar-refractivity contribution is 0.163. The lowest BCUT2D eigenvalue weighted by Gasteiger charge is -2.21. The van der Waals surface area contributed by atoms with Gasteiger partial charge in [-0.25, -0.2) is 0 Å². The van der Waals surface area contributed by atoms with Crippen LogP contribution in [0.1, 0.15) is 18.5 Å². The molecule has 1 aromatic rings. The van der Waals surface area contributed by atoms with Crippen molar-refractivity contribution in [2.75, 3.05) is 13.2 Å². The second-order valence-corrected chi connectivity index (χ2v) is 4.46. The Bertz CT molecular complexity index is 343. The molecule has 1 rings (SSSR count). The third-order valence-electron chi connectivity index (χ3n) is 2.35. The molecule has 90 valence electrons. The highest BCUT2D eigenvalue weighted by molar-refractivity contribution is 6.33. The average Bonchev–Trinajstić information content (AvgIpc) is 2.28. The molecule has 1 aromatic carbocycles. The van der Waals surface area contributed by atoms with Crippen LogP contribution >= 0.6 is 23.2 Å². The zero-order chi connectivity index (χ0) is 12.1. The van der Waals surface area contributed by atoms with Gasteiger partial charge in [0.05, 0.1) is 19.3 Å².